The van der Waals surface area contributed by atoms with E-state index in [1.165, 1.54) is 25.6 Å². The van der Waals surface area contributed by atoms with Crippen LogP contribution >= 0.6 is 11.3 Å². The zero-order valence-electron chi connectivity index (χ0n) is 15.4. The van der Waals surface area contributed by atoms with E-state index in [4.69, 9.17) is 14.2 Å². The van der Waals surface area contributed by atoms with Gasteiger partial charge in [0.2, 0.25) is 0 Å². The van der Waals surface area contributed by atoms with Crippen LogP contribution in [-0.4, -0.2) is 49.3 Å². The molecule has 9 heteroatoms. The Labute approximate surface area is 161 Å². The van der Waals surface area contributed by atoms with Crippen LogP contribution in [0.3, 0.4) is 0 Å². The van der Waals surface area contributed by atoms with Crippen LogP contribution in [0.2, 0.25) is 0 Å². The van der Waals surface area contributed by atoms with Crippen molar-refractivity contribution >= 4 is 28.5 Å². The molecule has 0 spiro atoms. The summed E-state index contributed by atoms with van der Waals surface area (Å²) in [6.45, 7) is 3.12. The molecule has 27 heavy (non-hydrogen) atoms. The van der Waals surface area contributed by atoms with Gasteiger partial charge in [-0.3, -0.25) is 10.1 Å². The second-order valence-corrected chi connectivity index (χ2v) is 6.87. The quantitative estimate of drug-likeness (QED) is 0.843. The number of hydrogen-bond acceptors (Lipinski definition) is 7. The number of rotatable bonds is 5. The van der Waals surface area contributed by atoms with Crippen molar-refractivity contribution in [1.82, 2.24) is 9.88 Å². The number of nitrogens with one attached hydrogen (secondary N) is 1. The summed E-state index contributed by atoms with van der Waals surface area (Å²) in [6, 6.07) is 4.95. The average molecular weight is 391 g/mol. The van der Waals surface area contributed by atoms with E-state index in [0.29, 0.717) is 48.3 Å². The van der Waals surface area contributed by atoms with E-state index >= 15 is 0 Å². The van der Waals surface area contributed by atoms with Crippen molar-refractivity contribution in [2.75, 3.05) is 32.7 Å². The van der Waals surface area contributed by atoms with Crippen molar-refractivity contribution in [2.24, 2.45) is 0 Å². The minimum atomic E-state index is -0.326. The minimum absolute atomic E-state index is 0.288. The maximum Gasteiger partial charge on any atom is 0.410 e. The van der Waals surface area contributed by atoms with E-state index in [-0.39, 0.29) is 12.0 Å². The van der Waals surface area contributed by atoms with Crippen molar-refractivity contribution in [2.45, 2.75) is 19.9 Å². The topological polar surface area (TPSA) is 90.0 Å². The Kier molecular flexibility index (Phi) is 5.80. The lowest BCUT2D eigenvalue weighted by molar-refractivity contribution is 0.102. The van der Waals surface area contributed by atoms with Crippen LogP contribution in [0.4, 0.5) is 9.93 Å². The van der Waals surface area contributed by atoms with Gasteiger partial charge >= 0.3 is 6.09 Å². The molecule has 2 amide bonds. The number of hydrogen-bond donors (Lipinski definition) is 1. The highest BCUT2D eigenvalue weighted by atomic mass is 32.1. The van der Waals surface area contributed by atoms with Gasteiger partial charge in [-0.1, -0.05) is 11.3 Å². The Morgan fingerprint density at radius 3 is 2.74 bits per heavy atom. The van der Waals surface area contributed by atoms with Crippen molar-refractivity contribution in [3.8, 4) is 11.5 Å². The first kappa shape index (κ1) is 19.0. The zero-order chi connectivity index (χ0) is 19.4. The summed E-state index contributed by atoms with van der Waals surface area (Å²) in [7, 11) is 3.06. The molecule has 1 aromatic heterocycles. The molecular weight excluding hydrogens is 370 g/mol. The number of amides is 2. The molecule has 3 rings (SSSR count). The van der Waals surface area contributed by atoms with E-state index in [1.807, 2.05) is 0 Å². The molecule has 0 saturated heterocycles. The Bertz CT molecular complexity index is 852. The summed E-state index contributed by atoms with van der Waals surface area (Å²) in [5.41, 5.74) is 1.34. The normalized spacial score (nSPS) is 12.9. The van der Waals surface area contributed by atoms with E-state index in [9.17, 15) is 9.59 Å². The number of nitrogens with zero attached hydrogens (tertiary/aromatic N) is 2. The number of thiazole rings is 1. The smallest absolute Gasteiger partial charge is 0.410 e. The fourth-order valence-electron chi connectivity index (χ4n) is 2.77. The maximum absolute atomic E-state index is 12.5. The number of aromatic nitrogens is 1. The van der Waals surface area contributed by atoms with Gasteiger partial charge in [0.25, 0.3) is 5.91 Å². The van der Waals surface area contributed by atoms with Gasteiger partial charge in [-0.2, -0.15) is 0 Å². The van der Waals surface area contributed by atoms with Crippen LogP contribution < -0.4 is 14.8 Å². The van der Waals surface area contributed by atoms with Crippen LogP contribution in [0.25, 0.3) is 0 Å². The molecule has 0 radical (unpaired) electrons. The average Bonchev–Trinajstić information content (AvgIpc) is 3.08. The van der Waals surface area contributed by atoms with Gasteiger partial charge in [0, 0.05) is 23.4 Å². The molecule has 2 heterocycles. The van der Waals surface area contributed by atoms with Gasteiger partial charge < -0.3 is 19.1 Å². The lowest BCUT2D eigenvalue weighted by Gasteiger charge is -2.24. The molecule has 0 saturated carbocycles. The van der Waals surface area contributed by atoms with E-state index < -0.39 is 0 Å². The molecule has 144 valence electrons. The van der Waals surface area contributed by atoms with E-state index in [1.54, 1.807) is 30.0 Å². The van der Waals surface area contributed by atoms with Gasteiger partial charge in [0.05, 0.1) is 33.1 Å². The lowest BCUT2D eigenvalue weighted by Crippen LogP contribution is -2.35. The van der Waals surface area contributed by atoms with E-state index in [0.717, 1.165) is 10.6 Å². The number of ether oxygens (including phenoxy) is 3. The number of carbonyl (C=O) groups is 2. The molecule has 0 atom stereocenters. The minimum Gasteiger partial charge on any atom is -0.493 e. The highest BCUT2D eigenvalue weighted by Crippen LogP contribution is 2.30. The number of fused-ring (bicyclic) bond motifs is 1. The Morgan fingerprint density at radius 2 is 2.04 bits per heavy atom. The fraction of sp³-hybridized carbons (Fsp3) is 0.389. The van der Waals surface area contributed by atoms with Crippen molar-refractivity contribution in [3.05, 3.63) is 34.3 Å². The highest BCUT2D eigenvalue weighted by Gasteiger charge is 2.25. The standard InChI is InChI=1S/C18H21N3O5S/c1-4-26-18(23)21-8-7-12-15(10-21)27-17(19-12)20-16(22)11-5-6-13(24-2)14(9-11)25-3/h5-6,9H,4,7-8,10H2,1-3H3,(H,19,20,22). The second kappa shape index (κ2) is 8.26. The summed E-state index contributed by atoms with van der Waals surface area (Å²) in [6.07, 6.45) is 0.309. The summed E-state index contributed by atoms with van der Waals surface area (Å²) >= 11 is 1.37. The molecule has 8 nitrogen and oxygen atoms in total. The van der Waals surface area contributed by atoms with Gasteiger partial charge in [0.15, 0.2) is 16.6 Å². The molecule has 0 unspecified atom stereocenters. The first-order valence-electron chi connectivity index (χ1n) is 8.49. The van der Waals surface area contributed by atoms with Crippen molar-refractivity contribution in [3.63, 3.8) is 0 Å². The van der Waals surface area contributed by atoms with Crippen molar-refractivity contribution in [1.29, 1.82) is 0 Å². The number of methoxy groups -OCH3 is 2. The highest BCUT2D eigenvalue weighted by molar-refractivity contribution is 7.15. The van der Waals surface area contributed by atoms with E-state index in [2.05, 4.69) is 10.3 Å². The Balaban J connectivity index is 1.71. The van der Waals surface area contributed by atoms with Crippen LogP contribution in [-0.2, 0) is 17.7 Å². The van der Waals surface area contributed by atoms with Crippen molar-refractivity contribution < 1.29 is 23.8 Å². The molecule has 1 aliphatic heterocycles. The first-order valence-corrected chi connectivity index (χ1v) is 9.31. The fourth-order valence-corrected chi connectivity index (χ4v) is 3.79. The molecule has 0 bridgehead atoms. The zero-order valence-corrected chi connectivity index (χ0v) is 16.2. The Hall–Kier alpha value is -2.81. The third-order valence-electron chi connectivity index (χ3n) is 4.12. The molecule has 1 aliphatic rings. The SMILES string of the molecule is CCOC(=O)N1CCc2nc(NC(=O)c3ccc(OC)c(OC)c3)sc2C1. The molecular formula is C18H21N3O5S. The van der Waals surface area contributed by atoms with Gasteiger partial charge in [-0.25, -0.2) is 9.78 Å². The molecule has 0 aliphatic carbocycles. The lowest BCUT2D eigenvalue weighted by atomic mass is 10.2. The molecule has 0 fully saturated rings. The van der Waals surface area contributed by atoms with Gasteiger partial charge in [-0.15, -0.1) is 0 Å². The van der Waals surface area contributed by atoms with Crippen LogP contribution in [0.1, 0.15) is 27.9 Å². The second-order valence-electron chi connectivity index (χ2n) is 5.78. The number of anilines is 1. The molecule has 2 aromatic rings. The van der Waals surface area contributed by atoms with Gasteiger partial charge in [0.1, 0.15) is 0 Å². The maximum atomic E-state index is 12.5. The van der Waals surface area contributed by atoms with Gasteiger partial charge in [-0.05, 0) is 25.1 Å². The van der Waals surface area contributed by atoms with Crippen LogP contribution in [0, 0.1) is 0 Å². The van der Waals surface area contributed by atoms with Crippen LogP contribution in [0.5, 0.6) is 11.5 Å². The number of benzene rings is 1. The monoisotopic (exact) mass is 391 g/mol. The summed E-state index contributed by atoms with van der Waals surface area (Å²) in [5.74, 6) is 0.746. The largest absolute Gasteiger partial charge is 0.493 e. The Morgan fingerprint density at radius 1 is 1.26 bits per heavy atom. The third-order valence-corrected chi connectivity index (χ3v) is 5.12. The predicted octanol–water partition coefficient (Wildman–Crippen LogP) is 2.93. The van der Waals surface area contributed by atoms with Crippen LogP contribution in [0.15, 0.2) is 18.2 Å². The summed E-state index contributed by atoms with van der Waals surface area (Å²) < 4.78 is 15.5. The third kappa shape index (κ3) is 4.13. The summed E-state index contributed by atoms with van der Waals surface area (Å²) in [4.78, 5) is 31.5. The molecule has 1 aromatic carbocycles. The molecule has 1 N–H and O–H groups in total. The summed E-state index contributed by atoms with van der Waals surface area (Å²) in [5, 5.41) is 3.32. The predicted molar refractivity (Wildman–Crippen MR) is 101 cm³/mol. The first-order chi connectivity index (χ1) is 13.0. The number of carbonyl (C=O) groups excluding carboxylic acids is 2.